The Hall–Kier alpha value is -3.13. The first-order chi connectivity index (χ1) is 12.8. The molecule has 0 unspecified atom stereocenters. The summed E-state index contributed by atoms with van der Waals surface area (Å²) in [5.74, 6) is 1.36. The van der Waals surface area contributed by atoms with E-state index in [-0.39, 0.29) is 0 Å². The fraction of sp³-hybridized carbons (Fsp3) is 0.167. The van der Waals surface area contributed by atoms with Gasteiger partial charge in [0.2, 0.25) is 10.1 Å². The predicted molar refractivity (Wildman–Crippen MR) is 101 cm³/mol. The van der Waals surface area contributed by atoms with Gasteiger partial charge >= 0.3 is 0 Å². The van der Waals surface area contributed by atoms with Crippen molar-refractivity contribution in [2.24, 2.45) is 0 Å². The van der Waals surface area contributed by atoms with Gasteiger partial charge in [-0.1, -0.05) is 17.4 Å². The van der Waals surface area contributed by atoms with Crippen LogP contribution in [0.3, 0.4) is 0 Å². The summed E-state index contributed by atoms with van der Waals surface area (Å²) in [7, 11) is 3.24. The number of nitrogens with one attached hydrogen (secondary N) is 1. The van der Waals surface area contributed by atoms with Crippen molar-refractivity contribution in [3.63, 3.8) is 0 Å². The molecule has 1 N–H and O–H groups in total. The maximum Gasteiger partial charge on any atom is 0.214 e. The van der Waals surface area contributed by atoms with Crippen LogP contribution in [0.4, 0.5) is 5.13 Å². The monoisotopic (exact) mass is 367 g/mol. The van der Waals surface area contributed by atoms with Crippen LogP contribution in [0.15, 0.2) is 48.9 Å². The van der Waals surface area contributed by atoms with Gasteiger partial charge in [-0.15, -0.1) is 5.10 Å². The number of rotatable bonds is 6. The Morgan fingerprint density at radius 1 is 1.12 bits per heavy atom. The average molecular weight is 367 g/mol. The van der Waals surface area contributed by atoms with Crippen molar-refractivity contribution in [3.05, 3.63) is 54.5 Å². The van der Waals surface area contributed by atoms with Crippen LogP contribution in [0, 0.1) is 0 Å². The van der Waals surface area contributed by atoms with Crippen molar-refractivity contribution < 1.29 is 9.47 Å². The molecule has 0 aliphatic heterocycles. The Balaban J connectivity index is 1.62. The summed E-state index contributed by atoms with van der Waals surface area (Å²) >= 11 is 1.50. The van der Waals surface area contributed by atoms with Crippen molar-refractivity contribution in [3.8, 4) is 22.8 Å². The number of benzene rings is 1. The number of imidazole rings is 1. The molecule has 132 valence electrons. The molecular formula is C18H17N5O2S. The van der Waals surface area contributed by atoms with Gasteiger partial charge in [0.05, 0.1) is 26.1 Å². The number of aromatic nitrogens is 4. The van der Waals surface area contributed by atoms with Crippen LogP contribution in [-0.4, -0.2) is 33.8 Å². The molecule has 1 aromatic carbocycles. The molecule has 0 saturated carbocycles. The van der Waals surface area contributed by atoms with E-state index in [4.69, 9.17) is 9.47 Å². The second kappa shape index (κ2) is 7.01. The van der Waals surface area contributed by atoms with Gasteiger partial charge in [-0.25, -0.2) is 9.50 Å². The summed E-state index contributed by atoms with van der Waals surface area (Å²) < 4.78 is 12.5. The molecule has 3 heterocycles. The molecule has 4 rings (SSSR count). The number of nitrogens with zero attached hydrogens (tertiary/aromatic N) is 4. The van der Waals surface area contributed by atoms with Gasteiger partial charge in [0.1, 0.15) is 0 Å². The highest BCUT2D eigenvalue weighted by atomic mass is 32.1. The first kappa shape index (κ1) is 16.3. The first-order valence-electron chi connectivity index (χ1n) is 7.98. The molecule has 0 aliphatic rings. The molecular weight excluding hydrogens is 350 g/mol. The molecule has 26 heavy (non-hydrogen) atoms. The average Bonchev–Trinajstić information content (AvgIpc) is 3.27. The Morgan fingerprint density at radius 2 is 2.00 bits per heavy atom. The van der Waals surface area contributed by atoms with E-state index >= 15 is 0 Å². The number of methoxy groups -OCH3 is 2. The lowest BCUT2D eigenvalue weighted by molar-refractivity contribution is 0.355. The summed E-state index contributed by atoms with van der Waals surface area (Å²) in [5, 5.41) is 8.75. The van der Waals surface area contributed by atoms with Crippen LogP contribution in [0.5, 0.6) is 11.5 Å². The summed E-state index contributed by atoms with van der Waals surface area (Å²) in [6.45, 7) is 0.663. The van der Waals surface area contributed by atoms with E-state index in [1.54, 1.807) is 20.4 Å². The molecule has 0 fully saturated rings. The fourth-order valence-electron chi connectivity index (χ4n) is 2.64. The van der Waals surface area contributed by atoms with Crippen LogP contribution >= 0.6 is 11.3 Å². The molecule has 0 aliphatic carbocycles. The van der Waals surface area contributed by atoms with E-state index in [9.17, 15) is 0 Å². The Morgan fingerprint density at radius 3 is 2.77 bits per heavy atom. The van der Waals surface area contributed by atoms with E-state index in [1.807, 2.05) is 47.2 Å². The molecule has 0 bridgehead atoms. The van der Waals surface area contributed by atoms with Gasteiger partial charge in [-0.3, -0.25) is 4.98 Å². The van der Waals surface area contributed by atoms with Gasteiger partial charge in [-0.2, -0.15) is 0 Å². The maximum absolute atomic E-state index is 5.39. The van der Waals surface area contributed by atoms with Crippen LogP contribution in [0.1, 0.15) is 5.56 Å². The fourth-order valence-corrected chi connectivity index (χ4v) is 3.41. The lowest BCUT2D eigenvalue weighted by atomic mass is 10.1. The summed E-state index contributed by atoms with van der Waals surface area (Å²) in [6, 6.07) is 9.70. The zero-order valence-electron chi connectivity index (χ0n) is 14.3. The zero-order chi connectivity index (χ0) is 17.9. The Labute approximate surface area is 154 Å². The second-order valence-corrected chi connectivity index (χ2v) is 6.49. The number of fused-ring (bicyclic) bond motifs is 1. The molecule has 8 heteroatoms. The molecule has 4 aromatic rings. The number of pyridine rings is 1. The molecule has 0 spiro atoms. The van der Waals surface area contributed by atoms with Crippen LogP contribution in [0.2, 0.25) is 0 Å². The standard InChI is InChI=1S/C18H17N5O2S/c1-24-15-6-5-13(8-16(15)25-2)14-11-21-18-23(14)22-17(26-18)20-10-12-4-3-7-19-9-12/h3-9,11H,10H2,1-2H3,(H,20,22). The van der Waals surface area contributed by atoms with E-state index in [1.165, 1.54) is 11.3 Å². The number of anilines is 1. The highest BCUT2D eigenvalue weighted by molar-refractivity contribution is 7.20. The van der Waals surface area contributed by atoms with E-state index < -0.39 is 0 Å². The Kier molecular flexibility index (Phi) is 4.40. The highest BCUT2D eigenvalue weighted by Gasteiger charge is 2.14. The second-order valence-electron chi connectivity index (χ2n) is 5.53. The van der Waals surface area contributed by atoms with Gasteiger partial charge < -0.3 is 14.8 Å². The van der Waals surface area contributed by atoms with Crippen molar-refractivity contribution in [2.75, 3.05) is 19.5 Å². The topological polar surface area (TPSA) is 73.6 Å². The zero-order valence-corrected chi connectivity index (χ0v) is 15.2. The van der Waals surface area contributed by atoms with Crippen molar-refractivity contribution in [1.82, 2.24) is 19.6 Å². The summed E-state index contributed by atoms with van der Waals surface area (Å²) in [6.07, 6.45) is 5.40. The van der Waals surface area contributed by atoms with Crippen LogP contribution < -0.4 is 14.8 Å². The van der Waals surface area contributed by atoms with Gasteiger partial charge in [0.15, 0.2) is 11.5 Å². The van der Waals surface area contributed by atoms with Crippen molar-refractivity contribution in [1.29, 1.82) is 0 Å². The van der Waals surface area contributed by atoms with Gasteiger partial charge in [0.25, 0.3) is 0 Å². The molecule has 0 amide bonds. The number of ether oxygens (including phenoxy) is 2. The minimum absolute atomic E-state index is 0.663. The predicted octanol–water partition coefficient (Wildman–Crippen LogP) is 3.48. The number of hydrogen-bond acceptors (Lipinski definition) is 7. The normalized spacial score (nSPS) is 10.8. The highest BCUT2D eigenvalue weighted by Crippen LogP contribution is 2.33. The van der Waals surface area contributed by atoms with E-state index in [0.717, 1.165) is 26.9 Å². The summed E-state index contributed by atoms with van der Waals surface area (Å²) in [4.78, 5) is 9.40. The quantitative estimate of drug-likeness (QED) is 0.562. The van der Waals surface area contributed by atoms with E-state index in [2.05, 4.69) is 20.4 Å². The van der Waals surface area contributed by atoms with Crippen molar-refractivity contribution >= 4 is 21.4 Å². The van der Waals surface area contributed by atoms with Gasteiger partial charge in [-0.05, 0) is 29.8 Å². The largest absolute Gasteiger partial charge is 0.493 e. The first-order valence-corrected chi connectivity index (χ1v) is 8.80. The maximum atomic E-state index is 5.39. The van der Waals surface area contributed by atoms with Crippen LogP contribution in [-0.2, 0) is 6.54 Å². The Bertz CT molecular complexity index is 1030. The SMILES string of the molecule is COc1ccc(-c2cnc3sc(NCc4cccnc4)nn23)cc1OC. The third-order valence-corrected chi connectivity index (χ3v) is 4.81. The lowest BCUT2D eigenvalue weighted by Gasteiger charge is -2.08. The number of hydrogen-bond donors (Lipinski definition) is 1. The lowest BCUT2D eigenvalue weighted by Crippen LogP contribution is -2.00. The van der Waals surface area contributed by atoms with E-state index in [0.29, 0.717) is 18.0 Å². The molecule has 0 radical (unpaired) electrons. The van der Waals surface area contributed by atoms with Gasteiger partial charge in [0, 0.05) is 24.5 Å². The third kappa shape index (κ3) is 3.06. The van der Waals surface area contributed by atoms with Crippen molar-refractivity contribution in [2.45, 2.75) is 6.54 Å². The minimum Gasteiger partial charge on any atom is -0.493 e. The molecule has 0 saturated heterocycles. The summed E-state index contributed by atoms with van der Waals surface area (Å²) in [5.41, 5.74) is 2.95. The molecule has 3 aromatic heterocycles. The minimum atomic E-state index is 0.663. The third-order valence-electron chi connectivity index (χ3n) is 3.93. The molecule has 0 atom stereocenters. The van der Waals surface area contributed by atoms with Crippen LogP contribution in [0.25, 0.3) is 16.2 Å². The smallest absolute Gasteiger partial charge is 0.214 e. The molecule has 7 nitrogen and oxygen atoms in total.